The van der Waals surface area contributed by atoms with Gasteiger partial charge in [0.05, 0.1) is 12.1 Å². The minimum absolute atomic E-state index is 0.322. The molecule has 0 N–H and O–H groups in total. The van der Waals surface area contributed by atoms with Crippen molar-refractivity contribution in [2.75, 3.05) is 0 Å². The van der Waals surface area contributed by atoms with Crippen LogP contribution in [0.2, 0.25) is 0 Å². The van der Waals surface area contributed by atoms with E-state index in [0.717, 1.165) is 15.1 Å². The number of benzene rings is 1. The minimum atomic E-state index is -4.56. The van der Waals surface area contributed by atoms with Crippen LogP contribution >= 0.6 is 15.9 Å². The summed E-state index contributed by atoms with van der Waals surface area (Å²) in [5, 5.41) is 0. The lowest BCUT2D eigenvalue weighted by molar-refractivity contribution is -0.138. The Labute approximate surface area is 126 Å². The van der Waals surface area contributed by atoms with E-state index in [1.54, 1.807) is 12.1 Å². The molecule has 0 saturated carbocycles. The Morgan fingerprint density at radius 1 is 1.10 bits per heavy atom. The van der Waals surface area contributed by atoms with Crippen molar-refractivity contribution in [1.29, 1.82) is 0 Å². The van der Waals surface area contributed by atoms with Crippen LogP contribution in [-0.4, -0.2) is 10.4 Å². The topological polar surface area (TPSA) is 39.1 Å². The Morgan fingerprint density at radius 3 is 2.29 bits per heavy atom. The third-order valence-electron chi connectivity index (χ3n) is 2.79. The van der Waals surface area contributed by atoms with Crippen LogP contribution in [-0.2, 0) is 12.7 Å². The first-order chi connectivity index (χ1) is 9.77. The van der Waals surface area contributed by atoms with Crippen molar-refractivity contribution in [2.24, 2.45) is 0 Å². The fourth-order valence-electron chi connectivity index (χ4n) is 1.70. The zero-order valence-corrected chi connectivity index (χ0v) is 12.1. The highest BCUT2D eigenvalue weighted by Gasteiger charge is 2.31. The van der Waals surface area contributed by atoms with Crippen LogP contribution in [0.3, 0.4) is 0 Å². The van der Waals surface area contributed by atoms with Gasteiger partial charge in [-0.25, -0.2) is 0 Å². The second-order valence-corrected chi connectivity index (χ2v) is 5.23. The predicted octanol–water partition coefficient (Wildman–Crippen LogP) is 3.51. The molecule has 0 aliphatic heterocycles. The van der Waals surface area contributed by atoms with Crippen LogP contribution in [0.25, 0.3) is 0 Å². The molecule has 0 fully saturated rings. The van der Waals surface area contributed by atoms with E-state index < -0.39 is 29.6 Å². The average molecular weight is 360 g/mol. The van der Waals surface area contributed by atoms with Gasteiger partial charge < -0.3 is 4.57 Å². The minimum Gasteiger partial charge on any atom is -0.307 e. The normalized spacial score (nSPS) is 11.4. The Bertz CT molecular complexity index is 720. The maximum absolute atomic E-state index is 12.6. The van der Waals surface area contributed by atoms with E-state index in [1.165, 1.54) is 12.1 Å². The van der Waals surface area contributed by atoms with Gasteiger partial charge in [-0.05, 0) is 18.2 Å². The Balaban J connectivity index is 2.29. The Hall–Kier alpha value is -1.89. The van der Waals surface area contributed by atoms with Gasteiger partial charge in [-0.15, -0.1) is 0 Å². The first kappa shape index (κ1) is 15.5. The van der Waals surface area contributed by atoms with Gasteiger partial charge in [0.15, 0.2) is 5.78 Å². The van der Waals surface area contributed by atoms with Crippen molar-refractivity contribution >= 4 is 21.7 Å². The fourth-order valence-corrected chi connectivity index (χ4v) is 1.97. The van der Waals surface area contributed by atoms with Gasteiger partial charge in [0, 0.05) is 22.3 Å². The largest absolute Gasteiger partial charge is 0.417 e. The van der Waals surface area contributed by atoms with E-state index in [0.29, 0.717) is 17.8 Å². The summed E-state index contributed by atoms with van der Waals surface area (Å²) in [6.45, 7) is -0.440. The number of hydrogen-bond acceptors (Lipinski definition) is 2. The fraction of sp³-hybridized carbons (Fsp3) is 0.143. The van der Waals surface area contributed by atoms with Crippen LogP contribution in [0.15, 0.2) is 51.9 Å². The second kappa shape index (κ2) is 5.85. The number of alkyl halides is 3. The Kier molecular flexibility index (Phi) is 4.32. The van der Waals surface area contributed by atoms with E-state index >= 15 is 0 Å². The van der Waals surface area contributed by atoms with Crippen LogP contribution in [0.5, 0.6) is 0 Å². The molecule has 0 atom stereocenters. The van der Waals surface area contributed by atoms with Crippen molar-refractivity contribution in [3.63, 3.8) is 0 Å². The SMILES string of the molecule is O=C(Cn1cc(C(F)(F)F)ccc1=O)c1ccc(Br)cc1. The molecule has 1 aromatic heterocycles. The number of nitrogens with zero attached hydrogens (tertiary/aromatic N) is 1. The van der Waals surface area contributed by atoms with E-state index in [2.05, 4.69) is 15.9 Å². The molecule has 1 aromatic carbocycles. The summed E-state index contributed by atoms with van der Waals surface area (Å²) in [5.41, 5.74) is -1.30. The number of halogens is 4. The van der Waals surface area contributed by atoms with Gasteiger partial charge in [-0.3, -0.25) is 9.59 Å². The molecule has 3 nitrogen and oxygen atoms in total. The molecule has 0 aliphatic rings. The lowest BCUT2D eigenvalue weighted by Gasteiger charge is -2.10. The second-order valence-electron chi connectivity index (χ2n) is 4.31. The molecular weight excluding hydrogens is 351 g/mol. The first-order valence-electron chi connectivity index (χ1n) is 5.84. The lowest BCUT2D eigenvalue weighted by atomic mass is 10.1. The van der Waals surface area contributed by atoms with E-state index in [9.17, 15) is 22.8 Å². The van der Waals surface area contributed by atoms with E-state index in [-0.39, 0.29) is 0 Å². The monoisotopic (exact) mass is 359 g/mol. The van der Waals surface area contributed by atoms with Crippen molar-refractivity contribution in [1.82, 2.24) is 4.57 Å². The molecule has 0 aliphatic carbocycles. The molecule has 0 bridgehead atoms. The number of carbonyl (C=O) groups excluding carboxylic acids is 1. The summed E-state index contributed by atoms with van der Waals surface area (Å²) in [5.74, 6) is -0.441. The van der Waals surface area contributed by atoms with Crippen LogP contribution in [0.1, 0.15) is 15.9 Å². The molecule has 110 valence electrons. The highest BCUT2D eigenvalue weighted by Crippen LogP contribution is 2.28. The third-order valence-corrected chi connectivity index (χ3v) is 3.32. The molecule has 0 unspecified atom stereocenters. The summed E-state index contributed by atoms with van der Waals surface area (Å²) in [4.78, 5) is 23.5. The molecule has 0 radical (unpaired) electrons. The molecule has 0 amide bonds. The van der Waals surface area contributed by atoms with Crippen molar-refractivity contribution in [3.8, 4) is 0 Å². The molecule has 21 heavy (non-hydrogen) atoms. The molecule has 2 aromatic rings. The Morgan fingerprint density at radius 2 is 1.71 bits per heavy atom. The summed E-state index contributed by atoms with van der Waals surface area (Å²) < 4.78 is 39.3. The molecule has 0 spiro atoms. The number of pyridine rings is 1. The zero-order valence-electron chi connectivity index (χ0n) is 10.5. The summed E-state index contributed by atoms with van der Waals surface area (Å²) >= 11 is 3.21. The van der Waals surface area contributed by atoms with Gasteiger partial charge in [-0.1, -0.05) is 28.1 Å². The lowest BCUT2D eigenvalue weighted by Crippen LogP contribution is -2.25. The zero-order chi connectivity index (χ0) is 15.6. The summed E-state index contributed by atoms with van der Waals surface area (Å²) in [6, 6.07) is 7.85. The van der Waals surface area contributed by atoms with Gasteiger partial charge in [0.1, 0.15) is 0 Å². The number of ketones is 1. The van der Waals surface area contributed by atoms with Crippen LogP contribution < -0.4 is 5.56 Å². The molecule has 2 rings (SSSR count). The highest BCUT2D eigenvalue weighted by atomic mass is 79.9. The molecular formula is C14H9BrF3NO2. The first-order valence-corrected chi connectivity index (χ1v) is 6.63. The van der Waals surface area contributed by atoms with Crippen molar-refractivity contribution in [3.05, 3.63) is 68.5 Å². The number of hydrogen-bond donors (Lipinski definition) is 0. The number of Topliss-reactive ketones (excluding diaryl/α,β-unsaturated/α-hetero) is 1. The number of rotatable bonds is 3. The van der Waals surface area contributed by atoms with Crippen LogP contribution in [0, 0.1) is 0 Å². The molecule has 0 saturated heterocycles. The van der Waals surface area contributed by atoms with E-state index in [1.807, 2.05) is 0 Å². The maximum Gasteiger partial charge on any atom is 0.417 e. The maximum atomic E-state index is 12.6. The summed E-state index contributed by atoms with van der Waals surface area (Å²) in [7, 11) is 0. The average Bonchev–Trinajstić information content (AvgIpc) is 2.40. The van der Waals surface area contributed by atoms with Crippen LogP contribution in [0.4, 0.5) is 13.2 Å². The predicted molar refractivity (Wildman–Crippen MR) is 74.2 cm³/mol. The van der Waals surface area contributed by atoms with Gasteiger partial charge in [-0.2, -0.15) is 13.2 Å². The van der Waals surface area contributed by atoms with Gasteiger partial charge in [0.2, 0.25) is 0 Å². The quantitative estimate of drug-likeness (QED) is 0.786. The summed E-state index contributed by atoms with van der Waals surface area (Å²) in [6.07, 6.45) is -3.91. The molecule has 1 heterocycles. The smallest absolute Gasteiger partial charge is 0.307 e. The van der Waals surface area contributed by atoms with Crippen molar-refractivity contribution in [2.45, 2.75) is 12.7 Å². The van der Waals surface area contributed by atoms with Crippen molar-refractivity contribution < 1.29 is 18.0 Å². The van der Waals surface area contributed by atoms with Gasteiger partial charge in [0.25, 0.3) is 5.56 Å². The number of aromatic nitrogens is 1. The van der Waals surface area contributed by atoms with Gasteiger partial charge >= 0.3 is 6.18 Å². The number of carbonyl (C=O) groups is 1. The highest BCUT2D eigenvalue weighted by molar-refractivity contribution is 9.10. The van der Waals surface area contributed by atoms with E-state index in [4.69, 9.17) is 0 Å². The third kappa shape index (κ3) is 3.81. The molecule has 7 heteroatoms. The standard InChI is InChI=1S/C14H9BrF3NO2/c15-11-4-1-9(2-5-11)12(20)8-19-7-10(14(16,17)18)3-6-13(19)21/h1-7H,8H2.